The number of hydrogen-bond donors (Lipinski definition) is 2. The van der Waals surface area contributed by atoms with E-state index in [4.69, 9.17) is 0 Å². The molecule has 1 aromatic heterocycles. The van der Waals surface area contributed by atoms with Gasteiger partial charge in [0.25, 0.3) is 0 Å². The Bertz CT molecular complexity index is 488. The van der Waals surface area contributed by atoms with E-state index >= 15 is 0 Å². The lowest BCUT2D eigenvalue weighted by Gasteiger charge is -2.30. The zero-order chi connectivity index (χ0) is 14.5. The van der Waals surface area contributed by atoms with Crippen LogP contribution in [0.4, 0.5) is 5.82 Å². The second-order valence-corrected chi connectivity index (χ2v) is 5.03. The minimum atomic E-state index is -0.600. The molecule has 2 unspecified atom stereocenters. The van der Waals surface area contributed by atoms with Crippen LogP contribution in [0.15, 0.2) is 12.3 Å². The van der Waals surface area contributed by atoms with Crippen molar-refractivity contribution in [2.75, 3.05) is 6.61 Å². The van der Waals surface area contributed by atoms with E-state index in [-0.39, 0.29) is 36.8 Å². The Morgan fingerprint density at radius 1 is 1.55 bits per heavy atom. The van der Waals surface area contributed by atoms with Crippen molar-refractivity contribution >= 4 is 11.7 Å². The molecule has 1 saturated carbocycles. The summed E-state index contributed by atoms with van der Waals surface area (Å²) in [5, 5.41) is 26.4. The quantitative estimate of drug-likeness (QED) is 0.602. The average Bonchev–Trinajstić information content (AvgIpc) is 2.88. The Morgan fingerprint density at radius 2 is 2.30 bits per heavy atom. The van der Waals surface area contributed by atoms with E-state index in [1.54, 1.807) is 0 Å². The maximum atomic E-state index is 11.9. The number of carbonyl (C=O) groups excluding carboxylic acids is 1. The molecule has 110 valence electrons. The monoisotopic (exact) mass is 282 g/mol. The first-order valence-corrected chi connectivity index (χ1v) is 6.68. The zero-order valence-corrected chi connectivity index (χ0v) is 11.1. The Morgan fingerprint density at radius 3 is 2.95 bits per heavy atom. The highest BCUT2D eigenvalue weighted by molar-refractivity contribution is 5.76. The van der Waals surface area contributed by atoms with Crippen LogP contribution in [0.3, 0.4) is 0 Å². The molecule has 20 heavy (non-hydrogen) atoms. The van der Waals surface area contributed by atoms with Gasteiger partial charge < -0.3 is 20.5 Å². The van der Waals surface area contributed by atoms with E-state index in [9.17, 15) is 20.0 Å². The van der Waals surface area contributed by atoms with Crippen LogP contribution in [-0.4, -0.2) is 38.4 Å². The number of carbonyl (C=O) groups is 1. The zero-order valence-electron chi connectivity index (χ0n) is 11.1. The maximum absolute atomic E-state index is 11.9. The molecule has 0 aromatic carbocycles. The lowest BCUT2D eigenvalue weighted by molar-refractivity contribution is -0.389. The van der Waals surface area contributed by atoms with Crippen LogP contribution in [-0.2, 0) is 11.3 Å². The lowest BCUT2D eigenvalue weighted by atomic mass is 9.85. The first-order valence-electron chi connectivity index (χ1n) is 6.68. The summed E-state index contributed by atoms with van der Waals surface area (Å²) in [6, 6.07) is 1.23. The minimum absolute atomic E-state index is 0.0215. The number of aromatic nitrogens is 2. The molecule has 1 amide bonds. The van der Waals surface area contributed by atoms with Crippen LogP contribution >= 0.6 is 0 Å². The van der Waals surface area contributed by atoms with E-state index in [1.807, 2.05) is 0 Å². The van der Waals surface area contributed by atoms with Gasteiger partial charge in [-0.3, -0.25) is 4.79 Å². The molecule has 1 aliphatic carbocycles. The van der Waals surface area contributed by atoms with Crippen molar-refractivity contribution < 1.29 is 14.8 Å². The Hall–Kier alpha value is -1.96. The fourth-order valence-electron chi connectivity index (χ4n) is 2.55. The standard InChI is InChI=1S/C12H18N4O4/c17-8-9-3-1-2-4-10(9)13-12(18)7-15-6-5-11(14-15)16(19)20/h5-6,9-10,17H,1-4,7-8H2,(H,13,18). The Kier molecular flexibility index (Phi) is 4.67. The summed E-state index contributed by atoms with van der Waals surface area (Å²) in [6.45, 7) is 0.0146. The minimum Gasteiger partial charge on any atom is -0.396 e. The van der Waals surface area contributed by atoms with Gasteiger partial charge in [0, 0.05) is 18.6 Å². The molecule has 2 rings (SSSR count). The molecule has 0 aliphatic heterocycles. The summed E-state index contributed by atoms with van der Waals surface area (Å²) in [6.07, 6.45) is 5.28. The maximum Gasteiger partial charge on any atom is 0.389 e. The molecule has 2 atom stereocenters. The van der Waals surface area contributed by atoms with Crippen molar-refractivity contribution in [3.63, 3.8) is 0 Å². The summed E-state index contributed by atoms with van der Waals surface area (Å²) in [5.74, 6) is -0.420. The predicted molar refractivity (Wildman–Crippen MR) is 69.9 cm³/mol. The van der Waals surface area contributed by atoms with Gasteiger partial charge in [0.05, 0.1) is 17.4 Å². The first kappa shape index (κ1) is 14.4. The molecule has 1 aliphatic rings. The van der Waals surface area contributed by atoms with E-state index in [0.29, 0.717) is 0 Å². The Labute approximate surface area is 115 Å². The largest absolute Gasteiger partial charge is 0.396 e. The average molecular weight is 282 g/mol. The fraction of sp³-hybridized carbons (Fsp3) is 0.667. The number of nitro groups is 1. The highest BCUT2D eigenvalue weighted by atomic mass is 16.6. The number of hydrogen-bond acceptors (Lipinski definition) is 5. The van der Waals surface area contributed by atoms with Crippen LogP contribution < -0.4 is 5.32 Å². The molecule has 0 radical (unpaired) electrons. The molecule has 0 saturated heterocycles. The van der Waals surface area contributed by atoms with Crippen molar-refractivity contribution in [3.8, 4) is 0 Å². The van der Waals surface area contributed by atoms with Crippen molar-refractivity contribution in [1.82, 2.24) is 15.1 Å². The third kappa shape index (κ3) is 3.53. The third-order valence-corrected chi connectivity index (χ3v) is 3.61. The van der Waals surface area contributed by atoms with E-state index < -0.39 is 4.92 Å². The van der Waals surface area contributed by atoms with Gasteiger partial charge in [-0.05, 0) is 17.8 Å². The number of aliphatic hydroxyl groups excluding tert-OH is 1. The predicted octanol–water partition coefficient (Wildman–Crippen LogP) is 0.459. The molecular formula is C12H18N4O4. The summed E-state index contributed by atoms with van der Waals surface area (Å²) in [5.41, 5.74) is 0. The van der Waals surface area contributed by atoms with Gasteiger partial charge in [-0.25, -0.2) is 0 Å². The summed E-state index contributed by atoms with van der Waals surface area (Å²) in [4.78, 5) is 21.8. The number of aliphatic hydroxyl groups is 1. The topological polar surface area (TPSA) is 110 Å². The second-order valence-electron chi connectivity index (χ2n) is 5.03. The van der Waals surface area contributed by atoms with Gasteiger partial charge in [0.2, 0.25) is 5.91 Å². The highest BCUT2D eigenvalue weighted by Gasteiger charge is 2.26. The van der Waals surface area contributed by atoms with Crippen molar-refractivity contribution in [2.24, 2.45) is 5.92 Å². The lowest BCUT2D eigenvalue weighted by Crippen LogP contribution is -2.44. The first-order chi connectivity index (χ1) is 9.60. The van der Waals surface area contributed by atoms with Crippen LogP contribution in [0.2, 0.25) is 0 Å². The van der Waals surface area contributed by atoms with Crippen LogP contribution in [0.25, 0.3) is 0 Å². The molecule has 2 N–H and O–H groups in total. The van der Waals surface area contributed by atoms with E-state index in [0.717, 1.165) is 25.7 Å². The third-order valence-electron chi connectivity index (χ3n) is 3.61. The SMILES string of the molecule is O=C(Cn1ccc([N+](=O)[O-])n1)NC1CCCCC1CO. The molecule has 0 bridgehead atoms. The normalized spacial score (nSPS) is 22.4. The van der Waals surface area contributed by atoms with Crippen LogP contribution in [0, 0.1) is 16.0 Å². The molecule has 8 nitrogen and oxygen atoms in total. The van der Waals surface area contributed by atoms with Crippen molar-refractivity contribution in [1.29, 1.82) is 0 Å². The second kappa shape index (κ2) is 6.47. The molecule has 1 heterocycles. The Balaban J connectivity index is 1.89. The van der Waals surface area contributed by atoms with E-state index in [1.165, 1.54) is 16.9 Å². The number of rotatable bonds is 5. The van der Waals surface area contributed by atoms with Crippen LogP contribution in [0.5, 0.6) is 0 Å². The number of nitrogens with one attached hydrogen (secondary N) is 1. The van der Waals surface area contributed by atoms with Gasteiger partial charge in [0.1, 0.15) is 6.54 Å². The summed E-state index contributed by atoms with van der Waals surface area (Å²) in [7, 11) is 0. The van der Waals surface area contributed by atoms with Gasteiger partial charge in [-0.1, -0.05) is 12.8 Å². The van der Waals surface area contributed by atoms with Gasteiger partial charge in [-0.2, -0.15) is 4.68 Å². The molecule has 1 aromatic rings. The van der Waals surface area contributed by atoms with Crippen LogP contribution in [0.1, 0.15) is 25.7 Å². The van der Waals surface area contributed by atoms with E-state index in [2.05, 4.69) is 10.4 Å². The molecule has 0 spiro atoms. The summed E-state index contributed by atoms with van der Waals surface area (Å²) >= 11 is 0. The van der Waals surface area contributed by atoms with Gasteiger partial charge >= 0.3 is 5.82 Å². The smallest absolute Gasteiger partial charge is 0.389 e. The fourth-order valence-corrected chi connectivity index (χ4v) is 2.55. The molecule has 8 heteroatoms. The van der Waals surface area contributed by atoms with Crippen molar-refractivity contribution in [3.05, 3.63) is 22.4 Å². The number of amides is 1. The molecular weight excluding hydrogens is 264 g/mol. The molecule has 1 fully saturated rings. The van der Waals surface area contributed by atoms with Gasteiger partial charge in [-0.15, -0.1) is 0 Å². The van der Waals surface area contributed by atoms with Crippen molar-refractivity contribution in [2.45, 2.75) is 38.3 Å². The number of nitrogens with zero attached hydrogens (tertiary/aromatic N) is 3. The van der Waals surface area contributed by atoms with Gasteiger partial charge in [0.15, 0.2) is 0 Å². The highest BCUT2D eigenvalue weighted by Crippen LogP contribution is 2.23. The summed E-state index contributed by atoms with van der Waals surface area (Å²) < 4.78 is 1.24.